The molecular weight excluding hydrogens is 331 g/mol. The lowest BCUT2D eigenvalue weighted by Gasteiger charge is -2.27. The smallest absolute Gasteiger partial charge is 0.226 e. The molecule has 1 fully saturated rings. The molecule has 2 aromatic carbocycles. The zero-order valence-corrected chi connectivity index (χ0v) is 14.1. The number of para-hydroxylation sites is 1. The number of carbonyl (C=O) groups excluding carboxylic acids is 1. The maximum absolute atomic E-state index is 14.2. The molecule has 0 saturated carbocycles. The largest absolute Gasteiger partial charge is 0.454 e. The summed E-state index contributed by atoms with van der Waals surface area (Å²) in [7, 11) is 0. The molecule has 1 unspecified atom stereocenters. The Morgan fingerprint density at radius 1 is 1.25 bits per heavy atom. The van der Waals surface area contributed by atoms with Crippen molar-refractivity contribution in [2.45, 2.75) is 13.0 Å². The van der Waals surface area contributed by atoms with Crippen molar-refractivity contribution < 1.29 is 13.9 Å². The maximum atomic E-state index is 14.2. The average molecular weight is 351 g/mol. The summed E-state index contributed by atoms with van der Waals surface area (Å²) >= 11 is 0. The van der Waals surface area contributed by atoms with Gasteiger partial charge in [0.05, 0.1) is 12.0 Å². The van der Waals surface area contributed by atoms with E-state index in [1.165, 1.54) is 6.07 Å². The Bertz CT molecular complexity index is 693. The SMILES string of the molecule is CC(NC(=O)C1CNC1)c1ccc(Oc2ccccc2)c(F)c1.Cl. The van der Waals surface area contributed by atoms with Crippen LogP contribution in [0.1, 0.15) is 18.5 Å². The van der Waals surface area contributed by atoms with Crippen molar-refractivity contribution in [1.82, 2.24) is 10.6 Å². The fourth-order valence-corrected chi connectivity index (χ4v) is 2.37. The number of halogens is 2. The Labute approximate surface area is 146 Å². The third kappa shape index (κ3) is 4.24. The third-order valence-corrected chi connectivity index (χ3v) is 3.94. The van der Waals surface area contributed by atoms with Gasteiger partial charge >= 0.3 is 0 Å². The molecule has 0 aromatic heterocycles. The van der Waals surface area contributed by atoms with Crippen LogP contribution >= 0.6 is 12.4 Å². The predicted molar refractivity (Wildman–Crippen MR) is 93.1 cm³/mol. The number of ether oxygens (including phenoxy) is 1. The van der Waals surface area contributed by atoms with Crippen LogP contribution in [0.4, 0.5) is 4.39 Å². The summed E-state index contributed by atoms with van der Waals surface area (Å²) in [6.07, 6.45) is 0. The number of nitrogens with one attached hydrogen (secondary N) is 2. The van der Waals surface area contributed by atoms with Crippen LogP contribution in [0, 0.1) is 11.7 Å². The molecule has 24 heavy (non-hydrogen) atoms. The van der Waals surface area contributed by atoms with Crippen LogP contribution in [-0.4, -0.2) is 19.0 Å². The molecule has 1 amide bonds. The summed E-state index contributed by atoms with van der Waals surface area (Å²) in [5, 5.41) is 5.97. The highest BCUT2D eigenvalue weighted by Gasteiger charge is 2.26. The minimum atomic E-state index is -0.447. The molecular formula is C18H20ClFN2O2. The van der Waals surface area contributed by atoms with Crippen LogP contribution in [0.25, 0.3) is 0 Å². The van der Waals surface area contributed by atoms with Gasteiger partial charge in [-0.2, -0.15) is 0 Å². The Morgan fingerprint density at radius 2 is 1.96 bits per heavy atom. The van der Waals surface area contributed by atoms with E-state index in [2.05, 4.69) is 10.6 Å². The Balaban J connectivity index is 0.00000208. The lowest BCUT2D eigenvalue weighted by Crippen LogP contribution is -2.51. The van der Waals surface area contributed by atoms with Gasteiger partial charge in [-0.05, 0) is 36.8 Å². The normalized spacial score (nSPS) is 14.9. The molecule has 2 N–H and O–H groups in total. The summed E-state index contributed by atoms with van der Waals surface area (Å²) < 4.78 is 19.7. The zero-order valence-electron chi connectivity index (χ0n) is 13.3. The van der Waals surface area contributed by atoms with E-state index in [4.69, 9.17) is 4.74 Å². The molecule has 128 valence electrons. The van der Waals surface area contributed by atoms with Crippen molar-refractivity contribution in [1.29, 1.82) is 0 Å². The Kier molecular flexibility index (Phi) is 6.17. The monoisotopic (exact) mass is 350 g/mol. The van der Waals surface area contributed by atoms with Gasteiger partial charge in [-0.3, -0.25) is 4.79 Å². The lowest BCUT2D eigenvalue weighted by atomic mass is 10.0. The summed E-state index contributed by atoms with van der Waals surface area (Å²) in [6.45, 7) is 3.25. The van der Waals surface area contributed by atoms with E-state index in [0.29, 0.717) is 24.4 Å². The van der Waals surface area contributed by atoms with Gasteiger partial charge in [0.15, 0.2) is 11.6 Å². The number of benzene rings is 2. The minimum Gasteiger partial charge on any atom is -0.454 e. The second-order valence-corrected chi connectivity index (χ2v) is 5.69. The van der Waals surface area contributed by atoms with E-state index in [1.807, 2.05) is 25.1 Å². The first-order valence-corrected chi connectivity index (χ1v) is 7.67. The van der Waals surface area contributed by atoms with Crippen molar-refractivity contribution in [3.8, 4) is 11.5 Å². The number of hydrogen-bond donors (Lipinski definition) is 2. The van der Waals surface area contributed by atoms with Gasteiger partial charge in [0.2, 0.25) is 5.91 Å². The van der Waals surface area contributed by atoms with Gasteiger partial charge in [-0.1, -0.05) is 24.3 Å². The average Bonchev–Trinajstić information content (AvgIpc) is 2.48. The van der Waals surface area contributed by atoms with Crippen molar-refractivity contribution in [2.75, 3.05) is 13.1 Å². The van der Waals surface area contributed by atoms with Crippen LogP contribution < -0.4 is 15.4 Å². The van der Waals surface area contributed by atoms with Crippen molar-refractivity contribution in [2.24, 2.45) is 5.92 Å². The third-order valence-electron chi connectivity index (χ3n) is 3.94. The Morgan fingerprint density at radius 3 is 2.54 bits per heavy atom. The fraction of sp³-hybridized carbons (Fsp3) is 0.278. The van der Waals surface area contributed by atoms with Crippen LogP contribution in [0.5, 0.6) is 11.5 Å². The minimum absolute atomic E-state index is 0. The highest BCUT2D eigenvalue weighted by molar-refractivity contribution is 5.85. The van der Waals surface area contributed by atoms with E-state index < -0.39 is 5.82 Å². The standard InChI is InChI=1S/C18H19FN2O2.ClH/c1-12(21-18(22)14-10-20-11-14)13-7-8-17(16(19)9-13)23-15-5-3-2-4-6-15;/h2-9,12,14,20H,10-11H2,1H3,(H,21,22);1H. The number of carbonyl (C=O) groups is 1. The predicted octanol–water partition coefficient (Wildman–Crippen LogP) is 3.44. The van der Waals surface area contributed by atoms with Gasteiger partial charge in [-0.15, -0.1) is 12.4 Å². The topological polar surface area (TPSA) is 50.4 Å². The molecule has 1 heterocycles. The molecule has 0 spiro atoms. The molecule has 6 heteroatoms. The van der Waals surface area contributed by atoms with Gasteiger partial charge in [0.1, 0.15) is 5.75 Å². The van der Waals surface area contributed by atoms with E-state index in [0.717, 1.165) is 0 Å². The van der Waals surface area contributed by atoms with Gasteiger partial charge in [-0.25, -0.2) is 4.39 Å². The quantitative estimate of drug-likeness (QED) is 0.868. The summed E-state index contributed by atoms with van der Waals surface area (Å²) in [6, 6.07) is 13.6. The highest BCUT2D eigenvalue weighted by Crippen LogP contribution is 2.27. The van der Waals surface area contributed by atoms with E-state index in [1.54, 1.807) is 24.3 Å². The van der Waals surface area contributed by atoms with Crippen molar-refractivity contribution in [3.05, 3.63) is 59.9 Å². The van der Waals surface area contributed by atoms with Crippen molar-refractivity contribution >= 4 is 18.3 Å². The number of rotatable bonds is 5. The molecule has 2 aromatic rings. The van der Waals surface area contributed by atoms with Gasteiger partial charge in [0.25, 0.3) is 0 Å². The second-order valence-electron chi connectivity index (χ2n) is 5.69. The number of hydrogen-bond acceptors (Lipinski definition) is 3. The fourth-order valence-electron chi connectivity index (χ4n) is 2.37. The first-order valence-electron chi connectivity index (χ1n) is 7.67. The first kappa shape index (κ1) is 18.2. The first-order chi connectivity index (χ1) is 11.1. The molecule has 1 atom stereocenters. The molecule has 1 aliphatic rings. The molecule has 3 rings (SSSR count). The molecule has 0 bridgehead atoms. The molecule has 1 aliphatic heterocycles. The maximum Gasteiger partial charge on any atom is 0.226 e. The van der Waals surface area contributed by atoms with E-state index >= 15 is 0 Å². The van der Waals surface area contributed by atoms with Crippen LogP contribution in [0.2, 0.25) is 0 Å². The molecule has 0 radical (unpaired) electrons. The number of amides is 1. The molecule has 1 saturated heterocycles. The van der Waals surface area contributed by atoms with E-state index in [-0.39, 0.29) is 36.0 Å². The lowest BCUT2D eigenvalue weighted by molar-refractivity contribution is -0.127. The van der Waals surface area contributed by atoms with E-state index in [9.17, 15) is 9.18 Å². The van der Waals surface area contributed by atoms with Crippen LogP contribution in [0.3, 0.4) is 0 Å². The van der Waals surface area contributed by atoms with Crippen LogP contribution in [0.15, 0.2) is 48.5 Å². The molecule has 0 aliphatic carbocycles. The van der Waals surface area contributed by atoms with Gasteiger partial charge in [0, 0.05) is 13.1 Å². The highest BCUT2D eigenvalue weighted by atomic mass is 35.5. The Hall–Kier alpha value is -2.11. The summed E-state index contributed by atoms with van der Waals surface area (Å²) in [5.74, 6) is 0.321. The summed E-state index contributed by atoms with van der Waals surface area (Å²) in [5.41, 5.74) is 0.712. The zero-order chi connectivity index (χ0) is 16.2. The molecule has 4 nitrogen and oxygen atoms in total. The van der Waals surface area contributed by atoms with Crippen LogP contribution in [-0.2, 0) is 4.79 Å². The van der Waals surface area contributed by atoms with Gasteiger partial charge < -0.3 is 15.4 Å². The summed E-state index contributed by atoms with van der Waals surface area (Å²) in [4.78, 5) is 11.9. The second kappa shape index (κ2) is 8.13. The van der Waals surface area contributed by atoms with Crippen molar-refractivity contribution in [3.63, 3.8) is 0 Å².